The van der Waals surface area contributed by atoms with E-state index >= 15 is 0 Å². The second kappa shape index (κ2) is 13.1. The molecule has 2 amide bonds. The molecule has 4 fully saturated rings. The maximum absolute atomic E-state index is 12.8. The van der Waals surface area contributed by atoms with Gasteiger partial charge in [0.05, 0.1) is 23.7 Å². The molecule has 4 atom stereocenters. The lowest BCUT2D eigenvalue weighted by Crippen LogP contribution is -2.45. The van der Waals surface area contributed by atoms with Crippen LogP contribution in [0.2, 0.25) is 0 Å². The number of amides is 2. The highest BCUT2D eigenvalue weighted by Gasteiger charge is 2.38. The largest absolute Gasteiger partial charge is 0.481 e. The number of carbonyl (C=O) groups excluding carboxylic acids is 2. The molecule has 0 saturated heterocycles. The molecule has 0 spiro atoms. The van der Waals surface area contributed by atoms with Gasteiger partial charge in [0.1, 0.15) is 0 Å². The number of rotatable bonds is 8. The average molecular weight is 519 g/mol. The van der Waals surface area contributed by atoms with Crippen LogP contribution in [0.3, 0.4) is 0 Å². The molecule has 0 heterocycles. The van der Waals surface area contributed by atoms with Gasteiger partial charge in [0.15, 0.2) is 0 Å². The summed E-state index contributed by atoms with van der Waals surface area (Å²) in [7, 11) is 0. The van der Waals surface area contributed by atoms with Crippen LogP contribution in [0.4, 0.5) is 0 Å². The molecule has 4 aliphatic rings. The fourth-order valence-corrected chi connectivity index (χ4v) is 7.65. The van der Waals surface area contributed by atoms with Crippen molar-refractivity contribution in [2.75, 3.05) is 0 Å². The second-order valence-electron chi connectivity index (χ2n) is 12.4. The molecule has 0 radical (unpaired) electrons. The van der Waals surface area contributed by atoms with Crippen molar-refractivity contribution < 1.29 is 29.4 Å². The van der Waals surface area contributed by atoms with Crippen LogP contribution in [0.1, 0.15) is 109 Å². The van der Waals surface area contributed by atoms with Crippen LogP contribution in [-0.2, 0) is 19.2 Å². The molecule has 0 aromatic carbocycles. The molecule has 4 N–H and O–H groups in total. The second-order valence-corrected chi connectivity index (χ2v) is 12.4. The normalized spacial score (nSPS) is 36.8. The van der Waals surface area contributed by atoms with E-state index in [9.17, 15) is 29.4 Å². The van der Waals surface area contributed by atoms with Crippen LogP contribution >= 0.6 is 0 Å². The van der Waals surface area contributed by atoms with Crippen molar-refractivity contribution in [3.8, 4) is 0 Å². The first-order chi connectivity index (χ1) is 17.8. The quantitative estimate of drug-likeness (QED) is 0.374. The molecule has 0 aromatic rings. The molecule has 8 nitrogen and oxygen atoms in total. The fourth-order valence-electron chi connectivity index (χ4n) is 7.65. The SMILES string of the molecule is O=C(NC1CCC(CC2CCC(NC(=O)[C@H]3CCCC[C@H]3C(=O)O)CC2)CC1)[C@H]1CCCC[C@H]1C(=O)O. The molecule has 37 heavy (non-hydrogen) atoms. The van der Waals surface area contributed by atoms with Crippen LogP contribution < -0.4 is 10.6 Å². The zero-order chi connectivity index (χ0) is 26.4. The Hall–Kier alpha value is -2.12. The third-order valence-corrected chi connectivity index (χ3v) is 9.89. The first kappa shape index (κ1) is 27.9. The maximum atomic E-state index is 12.8. The predicted molar refractivity (Wildman–Crippen MR) is 139 cm³/mol. The number of aliphatic carboxylic acids is 2. The van der Waals surface area contributed by atoms with E-state index in [1.165, 1.54) is 6.42 Å². The summed E-state index contributed by atoms with van der Waals surface area (Å²) < 4.78 is 0. The summed E-state index contributed by atoms with van der Waals surface area (Å²) in [6, 6.07) is 0.334. The summed E-state index contributed by atoms with van der Waals surface area (Å²) in [6.07, 6.45) is 15.7. The summed E-state index contributed by atoms with van der Waals surface area (Å²) >= 11 is 0. The molecular formula is C29H46N2O6. The van der Waals surface area contributed by atoms with E-state index in [4.69, 9.17) is 0 Å². The van der Waals surface area contributed by atoms with Gasteiger partial charge in [0, 0.05) is 12.1 Å². The zero-order valence-corrected chi connectivity index (χ0v) is 22.2. The Morgan fingerprint density at radius 3 is 1.14 bits per heavy atom. The minimum Gasteiger partial charge on any atom is -0.481 e. The number of nitrogens with one attached hydrogen (secondary N) is 2. The van der Waals surface area contributed by atoms with E-state index in [1.54, 1.807) is 0 Å². The number of hydrogen-bond acceptors (Lipinski definition) is 4. The van der Waals surface area contributed by atoms with Crippen molar-refractivity contribution in [2.45, 2.75) is 121 Å². The number of carboxylic acids is 2. The molecule has 4 aliphatic carbocycles. The molecule has 4 saturated carbocycles. The number of carbonyl (C=O) groups is 4. The van der Waals surface area contributed by atoms with Crippen LogP contribution in [0.5, 0.6) is 0 Å². The van der Waals surface area contributed by atoms with Gasteiger partial charge in [0.2, 0.25) is 11.8 Å². The predicted octanol–water partition coefficient (Wildman–Crippen LogP) is 4.51. The molecule has 0 aromatic heterocycles. The van der Waals surface area contributed by atoms with Crippen molar-refractivity contribution in [1.82, 2.24) is 10.6 Å². The highest BCUT2D eigenvalue weighted by Crippen LogP contribution is 2.37. The van der Waals surface area contributed by atoms with Gasteiger partial charge in [-0.3, -0.25) is 19.2 Å². The van der Waals surface area contributed by atoms with Crippen molar-refractivity contribution in [3.63, 3.8) is 0 Å². The molecule has 0 unspecified atom stereocenters. The lowest BCUT2D eigenvalue weighted by molar-refractivity contribution is -0.149. The van der Waals surface area contributed by atoms with Crippen molar-refractivity contribution in [3.05, 3.63) is 0 Å². The molecule has 8 heteroatoms. The summed E-state index contributed by atoms with van der Waals surface area (Å²) in [5.74, 6) is -2.28. The number of hydrogen-bond donors (Lipinski definition) is 4. The van der Waals surface area contributed by atoms with Gasteiger partial charge >= 0.3 is 11.9 Å². The Morgan fingerprint density at radius 2 is 0.811 bits per heavy atom. The Balaban J connectivity index is 1.14. The highest BCUT2D eigenvalue weighted by atomic mass is 16.4. The summed E-state index contributed by atoms with van der Waals surface area (Å²) in [4.78, 5) is 48.7. The highest BCUT2D eigenvalue weighted by molar-refractivity contribution is 5.85. The topological polar surface area (TPSA) is 133 Å². The van der Waals surface area contributed by atoms with Crippen LogP contribution in [0.15, 0.2) is 0 Å². The van der Waals surface area contributed by atoms with Crippen LogP contribution in [-0.4, -0.2) is 46.0 Å². The Labute approximate surface area is 220 Å². The van der Waals surface area contributed by atoms with Gasteiger partial charge in [-0.1, -0.05) is 25.7 Å². The van der Waals surface area contributed by atoms with Gasteiger partial charge in [0.25, 0.3) is 0 Å². The first-order valence-electron chi connectivity index (χ1n) is 14.9. The smallest absolute Gasteiger partial charge is 0.307 e. The molecular weight excluding hydrogens is 472 g/mol. The number of carboxylic acid groups (broad SMARTS) is 2. The molecule has 4 rings (SSSR count). The van der Waals surface area contributed by atoms with Gasteiger partial charge in [-0.25, -0.2) is 0 Å². The van der Waals surface area contributed by atoms with Gasteiger partial charge in [-0.05, 0) is 95.3 Å². The Morgan fingerprint density at radius 1 is 0.486 bits per heavy atom. The summed E-state index contributed by atoms with van der Waals surface area (Å²) in [5.41, 5.74) is 0. The maximum Gasteiger partial charge on any atom is 0.307 e. The van der Waals surface area contributed by atoms with Crippen molar-refractivity contribution in [2.24, 2.45) is 35.5 Å². The van der Waals surface area contributed by atoms with E-state index in [0.717, 1.165) is 77.0 Å². The lowest BCUT2D eigenvalue weighted by Gasteiger charge is -2.36. The van der Waals surface area contributed by atoms with E-state index in [1.807, 2.05) is 0 Å². The summed E-state index contributed by atoms with van der Waals surface area (Å²) in [5, 5.41) is 25.3. The third kappa shape index (κ3) is 7.47. The Bertz CT molecular complexity index is 749. The average Bonchev–Trinajstić information content (AvgIpc) is 2.90. The van der Waals surface area contributed by atoms with Gasteiger partial charge in [-0.15, -0.1) is 0 Å². The standard InChI is InChI=1S/C29H46N2O6/c32-26(22-5-1-3-7-24(22)28(34)35)30-20-13-9-18(10-14-20)17-19-11-15-21(16-12-19)31-27(33)23-6-2-4-8-25(23)29(36)37/h18-25H,1-17H2,(H,30,32)(H,31,33)(H,34,35)(H,36,37)/t18?,19?,20?,21?,22-,23-,24+,25+/m0/s1. The lowest BCUT2D eigenvalue weighted by atomic mass is 9.75. The fraction of sp³-hybridized carbons (Fsp3) is 0.862. The molecule has 0 bridgehead atoms. The monoisotopic (exact) mass is 518 g/mol. The molecule has 208 valence electrons. The van der Waals surface area contributed by atoms with Crippen molar-refractivity contribution >= 4 is 23.8 Å². The zero-order valence-electron chi connectivity index (χ0n) is 22.2. The van der Waals surface area contributed by atoms with E-state index < -0.39 is 23.8 Å². The van der Waals surface area contributed by atoms with Crippen molar-refractivity contribution in [1.29, 1.82) is 0 Å². The minimum atomic E-state index is -0.837. The Kier molecular flexibility index (Phi) is 9.88. The first-order valence-corrected chi connectivity index (χ1v) is 14.9. The van der Waals surface area contributed by atoms with Crippen LogP contribution in [0, 0.1) is 35.5 Å². The van der Waals surface area contributed by atoms with E-state index in [0.29, 0.717) is 37.5 Å². The summed E-state index contributed by atoms with van der Waals surface area (Å²) in [6.45, 7) is 0. The minimum absolute atomic E-state index is 0.0566. The van der Waals surface area contributed by atoms with Crippen LogP contribution in [0.25, 0.3) is 0 Å². The molecule has 0 aliphatic heterocycles. The third-order valence-electron chi connectivity index (χ3n) is 9.89. The van der Waals surface area contributed by atoms with E-state index in [2.05, 4.69) is 10.6 Å². The van der Waals surface area contributed by atoms with E-state index in [-0.39, 0.29) is 35.7 Å². The van der Waals surface area contributed by atoms with Gasteiger partial charge < -0.3 is 20.8 Å². The van der Waals surface area contributed by atoms with Gasteiger partial charge in [-0.2, -0.15) is 0 Å².